The molecule has 6 nitrogen and oxygen atoms in total. The van der Waals surface area contributed by atoms with Crippen molar-refractivity contribution >= 4 is 65.4 Å². The van der Waals surface area contributed by atoms with Gasteiger partial charge in [-0.25, -0.2) is 0 Å². The van der Waals surface area contributed by atoms with Crippen LogP contribution in [0.4, 0.5) is 0 Å². The van der Waals surface area contributed by atoms with Crippen LogP contribution in [0, 0.1) is 0 Å². The molecule has 0 aliphatic rings. The average Bonchev–Trinajstić information content (AvgIpc) is 4.11. The van der Waals surface area contributed by atoms with Gasteiger partial charge in [0.25, 0.3) is 0 Å². The molecule has 0 atom stereocenters. The fourth-order valence-electron chi connectivity index (χ4n) is 9.96. The van der Waals surface area contributed by atoms with Crippen LogP contribution in [0.2, 0.25) is 0 Å². The molecule has 62 heavy (non-hydrogen) atoms. The van der Waals surface area contributed by atoms with Crippen LogP contribution in [0.3, 0.4) is 0 Å². The number of aromatic nitrogens is 6. The van der Waals surface area contributed by atoms with Gasteiger partial charge in [0, 0.05) is 49.1 Å². The van der Waals surface area contributed by atoms with Gasteiger partial charge in [-0.15, -0.1) is 10.2 Å². The van der Waals surface area contributed by atoms with Crippen LogP contribution in [0.25, 0.3) is 111 Å². The van der Waals surface area contributed by atoms with Crippen molar-refractivity contribution in [2.75, 3.05) is 0 Å². The topological polar surface area (TPSA) is 45.5 Å². The van der Waals surface area contributed by atoms with E-state index in [4.69, 9.17) is 10.2 Å². The quantitative estimate of drug-likeness (QED) is 0.168. The molecule has 0 bridgehead atoms. The largest absolute Gasteiger partial charge is 0.309 e. The first-order valence-electron chi connectivity index (χ1n) is 21.0. The number of benzene rings is 9. The normalized spacial score (nSPS) is 11.9. The molecule has 0 saturated heterocycles. The lowest BCUT2D eigenvalue weighted by molar-refractivity contribution is 1.08. The lowest BCUT2D eigenvalue weighted by Crippen LogP contribution is -2.04. The first-order chi connectivity index (χ1) is 30.8. The molecule has 0 amide bonds. The first-order valence-corrected chi connectivity index (χ1v) is 21.0. The van der Waals surface area contributed by atoms with E-state index in [-0.39, 0.29) is 0 Å². The van der Waals surface area contributed by atoms with E-state index in [1.807, 2.05) is 12.1 Å². The fourth-order valence-corrected chi connectivity index (χ4v) is 9.96. The Kier molecular flexibility index (Phi) is 7.50. The van der Waals surface area contributed by atoms with Crippen LogP contribution in [-0.2, 0) is 0 Å². The number of hydrogen-bond acceptors (Lipinski definition) is 2. The van der Waals surface area contributed by atoms with E-state index >= 15 is 0 Å². The third-order valence-corrected chi connectivity index (χ3v) is 12.5. The highest BCUT2D eigenvalue weighted by Crippen LogP contribution is 2.44. The summed E-state index contributed by atoms with van der Waals surface area (Å²) in [6.45, 7) is 0. The Morgan fingerprint density at radius 1 is 0.258 bits per heavy atom. The summed E-state index contributed by atoms with van der Waals surface area (Å²) in [6, 6.07) is 78.0. The highest BCUT2D eigenvalue weighted by molar-refractivity contribution is 6.26. The van der Waals surface area contributed by atoms with E-state index in [1.165, 1.54) is 32.6 Å². The molecule has 0 saturated carbocycles. The predicted octanol–water partition coefficient (Wildman–Crippen LogP) is 13.9. The van der Waals surface area contributed by atoms with Crippen LogP contribution in [0.1, 0.15) is 0 Å². The summed E-state index contributed by atoms with van der Waals surface area (Å²) in [7, 11) is 0. The zero-order valence-electron chi connectivity index (χ0n) is 33.5. The Hall–Kier alpha value is -8.48. The third-order valence-electron chi connectivity index (χ3n) is 12.5. The molecule has 13 rings (SSSR count). The SMILES string of the molecule is c1ccc(-c2nnc(-c3ccccc3)n2-c2cccc3c2c2ccccc2n3-c2ccccc2-n2c3ccccc3c3c2ccc2c4ccccc4n(-c4ccccc4)c23)cc1. The Bertz CT molecular complexity index is 3790. The summed E-state index contributed by atoms with van der Waals surface area (Å²) >= 11 is 0. The van der Waals surface area contributed by atoms with Gasteiger partial charge in [0.05, 0.1) is 50.2 Å². The fraction of sp³-hybridized carbons (Fsp3) is 0. The summed E-state index contributed by atoms with van der Waals surface area (Å²) in [5, 5.41) is 16.9. The molecule has 0 N–H and O–H groups in total. The second kappa shape index (κ2) is 13.5. The van der Waals surface area contributed by atoms with Crippen molar-refractivity contribution in [2.45, 2.75) is 0 Å². The van der Waals surface area contributed by atoms with Crippen LogP contribution < -0.4 is 0 Å². The standard InChI is InChI=1S/C56H36N6/c1-4-19-37(20-5-1)55-57-58-56(38-21-6-2-7-22-38)62(55)50-34-18-33-49-52(50)42-26-11-14-29-45(42)60(49)47-31-16-17-32-48(47)61-46-30-15-12-27-43(46)53-51(61)36-35-41-40-25-10-13-28-44(40)59(54(41)53)39-23-8-3-9-24-39/h1-36H. The molecule has 9 aromatic carbocycles. The third kappa shape index (κ3) is 4.92. The molecule has 4 heterocycles. The second-order valence-electron chi connectivity index (χ2n) is 15.8. The Morgan fingerprint density at radius 3 is 1.29 bits per heavy atom. The minimum absolute atomic E-state index is 0.790. The van der Waals surface area contributed by atoms with Gasteiger partial charge < -0.3 is 13.7 Å². The van der Waals surface area contributed by atoms with E-state index < -0.39 is 0 Å². The second-order valence-corrected chi connectivity index (χ2v) is 15.8. The van der Waals surface area contributed by atoms with E-state index in [0.29, 0.717) is 0 Å². The Labute approximate surface area is 356 Å². The van der Waals surface area contributed by atoms with Gasteiger partial charge in [-0.3, -0.25) is 4.57 Å². The number of fused-ring (bicyclic) bond motifs is 10. The van der Waals surface area contributed by atoms with Crippen LogP contribution >= 0.6 is 0 Å². The van der Waals surface area contributed by atoms with Crippen LogP contribution in [0.15, 0.2) is 218 Å². The van der Waals surface area contributed by atoms with Crippen molar-refractivity contribution in [3.8, 4) is 45.5 Å². The summed E-state index contributed by atoms with van der Waals surface area (Å²) in [4.78, 5) is 0. The molecule has 13 aromatic rings. The van der Waals surface area contributed by atoms with Gasteiger partial charge in [0.15, 0.2) is 11.6 Å². The summed E-state index contributed by atoms with van der Waals surface area (Å²) in [6.07, 6.45) is 0. The number of nitrogens with zero attached hydrogens (tertiary/aromatic N) is 6. The maximum absolute atomic E-state index is 4.86. The van der Waals surface area contributed by atoms with Gasteiger partial charge in [-0.05, 0) is 60.7 Å². The van der Waals surface area contributed by atoms with Crippen molar-refractivity contribution < 1.29 is 0 Å². The minimum Gasteiger partial charge on any atom is -0.309 e. The smallest absolute Gasteiger partial charge is 0.168 e. The van der Waals surface area contributed by atoms with Gasteiger partial charge in [0.2, 0.25) is 0 Å². The van der Waals surface area contributed by atoms with Gasteiger partial charge in [-0.1, -0.05) is 158 Å². The van der Waals surface area contributed by atoms with Crippen molar-refractivity contribution in [3.05, 3.63) is 218 Å². The summed E-state index contributed by atoms with van der Waals surface area (Å²) < 4.78 is 9.60. The minimum atomic E-state index is 0.790. The summed E-state index contributed by atoms with van der Waals surface area (Å²) in [5.41, 5.74) is 13.2. The molecule has 290 valence electrons. The number of rotatable bonds is 6. The molecule has 0 radical (unpaired) electrons. The zero-order valence-corrected chi connectivity index (χ0v) is 33.5. The van der Waals surface area contributed by atoms with Crippen molar-refractivity contribution in [1.29, 1.82) is 0 Å². The molecule has 0 spiro atoms. The van der Waals surface area contributed by atoms with Gasteiger partial charge >= 0.3 is 0 Å². The molecule has 0 aliphatic heterocycles. The maximum Gasteiger partial charge on any atom is 0.168 e. The Balaban J connectivity index is 1.12. The van der Waals surface area contributed by atoms with Gasteiger partial charge in [-0.2, -0.15) is 0 Å². The lowest BCUT2D eigenvalue weighted by Gasteiger charge is -2.17. The average molecular weight is 793 g/mol. The monoisotopic (exact) mass is 792 g/mol. The summed E-state index contributed by atoms with van der Waals surface area (Å²) in [5.74, 6) is 1.58. The zero-order chi connectivity index (χ0) is 40.7. The maximum atomic E-state index is 4.86. The lowest BCUT2D eigenvalue weighted by atomic mass is 10.1. The molecular formula is C56H36N6. The van der Waals surface area contributed by atoms with Crippen molar-refractivity contribution in [3.63, 3.8) is 0 Å². The molecule has 0 fully saturated rings. The number of para-hydroxylation sites is 6. The van der Waals surface area contributed by atoms with E-state index in [9.17, 15) is 0 Å². The van der Waals surface area contributed by atoms with E-state index in [0.717, 1.165) is 78.4 Å². The first kappa shape index (κ1) is 34.4. The van der Waals surface area contributed by atoms with Crippen molar-refractivity contribution in [1.82, 2.24) is 28.5 Å². The van der Waals surface area contributed by atoms with E-state index in [2.05, 4.69) is 225 Å². The highest BCUT2D eigenvalue weighted by atomic mass is 15.3. The molecule has 0 aliphatic carbocycles. The number of hydrogen-bond donors (Lipinski definition) is 0. The molecular weight excluding hydrogens is 757 g/mol. The molecule has 0 unspecified atom stereocenters. The molecule has 4 aromatic heterocycles. The van der Waals surface area contributed by atoms with Crippen LogP contribution in [0.5, 0.6) is 0 Å². The van der Waals surface area contributed by atoms with Crippen molar-refractivity contribution in [2.24, 2.45) is 0 Å². The highest BCUT2D eigenvalue weighted by Gasteiger charge is 2.25. The van der Waals surface area contributed by atoms with E-state index in [1.54, 1.807) is 0 Å². The van der Waals surface area contributed by atoms with Crippen LogP contribution in [-0.4, -0.2) is 28.5 Å². The van der Waals surface area contributed by atoms with Gasteiger partial charge in [0.1, 0.15) is 0 Å². The Morgan fingerprint density at radius 2 is 0.694 bits per heavy atom. The predicted molar refractivity (Wildman–Crippen MR) is 255 cm³/mol. The molecule has 6 heteroatoms.